The molecule has 26 heavy (non-hydrogen) atoms. The maximum atomic E-state index is 13.0. The van der Waals surface area contributed by atoms with E-state index in [0.717, 1.165) is 16.0 Å². The summed E-state index contributed by atoms with van der Waals surface area (Å²) in [5, 5.41) is 2.69. The van der Waals surface area contributed by atoms with Crippen LogP contribution in [0.15, 0.2) is 66.7 Å². The van der Waals surface area contributed by atoms with Gasteiger partial charge in [-0.05, 0) is 53.6 Å². The van der Waals surface area contributed by atoms with Crippen LogP contribution >= 0.6 is 11.3 Å². The predicted octanol–water partition coefficient (Wildman–Crippen LogP) is 5.41. The van der Waals surface area contributed by atoms with Crippen molar-refractivity contribution in [1.29, 1.82) is 0 Å². The largest absolute Gasteiger partial charge is 0.326 e. The fourth-order valence-electron chi connectivity index (χ4n) is 2.37. The van der Waals surface area contributed by atoms with E-state index in [9.17, 15) is 14.0 Å². The summed E-state index contributed by atoms with van der Waals surface area (Å²) in [6, 6.07) is 17.1. The quantitative estimate of drug-likeness (QED) is 0.485. The van der Waals surface area contributed by atoms with Crippen molar-refractivity contribution in [1.82, 2.24) is 0 Å². The van der Waals surface area contributed by atoms with E-state index in [4.69, 9.17) is 0 Å². The van der Waals surface area contributed by atoms with Gasteiger partial charge in [0.25, 0.3) is 0 Å². The molecule has 0 aliphatic heterocycles. The monoisotopic (exact) mass is 365 g/mol. The molecule has 130 valence electrons. The Kier molecular flexibility index (Phi) is 5.39. The van der Waals surface area contributed by atoms with Gasteiger partial charge in [0.1, 0.15) is 5.82 Å². The molecule has 0 aliphatic carbocycles. The first-order valence-corrected chi connectivity index (χ1v) is 8.79. The predicted molar refractivity (Wildman–Crippen MR) is 104 cm³/mol. The second-order valence-corrected chi connectivity index (χ2v) is 6.76. The molecule has 2 aromatic carbocycles. The molecule has 5 heteroatoms. The minimum Gasteiger partial charge on any atom is -0.326 e. The molecule has 1 heterocycles. The van der Waals surface area contributed by atoms with E-state index in [1.165, 1.54) is 36.5 Å². The average Bonchev–Trinajstić information content (AvgIpc) is 3.11. The number of rotatable bonds is 5. The SMILES string of the molecule is CC(=O)Nc1ccc(/C=C/C(=O)c2ccc(-c3ccc(F)cc3)s2)cc1. The number of ketones is 1. The van der Waals surface area contributed by atoms with Gasteiger partial charge in [0.05, 0.1) is 4.88 Å². The first-order chi connectivity index (χ1) is 12.5. The highest BCUT2D eigenvalue weighted by molar-refractivity contribution is 7.17. The summed E-state index contributed by atoms with van der Waals surface area (Å²) in [5.41, 5.74) is 2.46. The normalized spacial score (nSPS) is 10.8. The molecule has 3 nitrogen and oxygen atoms in total. The topological polar surface area (TPSA) is 46.2 Å². The lowest BCUT2D eigenvalue weighted by atomic mass is 10.1. The van der Waals surface area contributed by atoms with Crippen molar-refractivity contribution in [3.05, 3.63) is 83.0 Å². The second kappa shape index (κ2) is 7.89. The molecule has 0 fully saturated rings. The summed E-state index contributed by atoms with van der Waals surface area (Å²) in [6.07, 6.45) is 3.25. The van der Waals surface area contributed by atoms with E-state index in [1.54, 1.807) is 36.4 Å². The van der Waals surface area contributed by atoms with Crippen LogP contribution in [0.25, 0.3) is 16.5 Å². The number of nitrogens with one attached hydrogen (secondary N) is 1. The highest BCUT2D eigenvalue weighted by Crippen LogP contribution is 2.28. The molecule has 0 unspecified atom stereocenters. The molecular weight excluding hydrogens is 349 g/mol. The lowest BCUT2D eigenvalue weighted by molar-refractivity contribution is -0.114. The van der Waals surface area contributed by atoms with E-state index in [1.807, 2.05) is 18.2 Å². The number of anilines is 1. The maximum Gasteiger partial charge on any atom is 0.221 e. The van der Waals surface area contributed by atoms with Crippen LogP contribution in [0.2, 0.25) is 0 Å². The molecule has 0 saturated carbocycles. The third kappa shape index (κ3) is 4.52. The first kappa shape index (κ1) is 17.8. The molecule has 1 N–H and O–H groups in total. The van der Waals surface area contributed by atoms with Crippen LogP contribution in [0, 0.1) is 5.82 Å². The van der Waals surface area contributed by atoms with Gasteiger partial charge in [0.2, 0.25) is 5.91 Å². The van der Waals surface area contributed by atoms with Crippen LogP contribution in [-0.2, 0) is 4.79 Å². The number of carbonyl (C=O) groups is 2. The van der Waals surface area contributed by atoms with Gasteiger partial charge in [-0.1, -0.05) is 30.3 Å². The number of carbonyl (C=O) groups excluding carboxylic acids is 2. The Hall–Kier alpha value is -3.05. The van der Waals surface area contributed by atoms with E-state index in [-0.39, 0.29) is 17.5 Å². The van der Waals surface area contributed by atoms with Crippen LogP contribution in [0.1, 0.15) is 22.2 Å². The molecule has 1 aromatic heterocycles. The average molecular weight is 365 g/mol. The van der Waals surface area contributed by atoms with Gasteiger partial charge in [0.15, 0.2) is 5.78 Å². The number of amides is 1. The zero-order valence-electron chi connectivity index (χ0n) is 14.0. The Labute approximate surface area is 154 Å². The van der Waals surface area contributed by atoms with Crippen molar-refractivity contribution >= 4 is 34.8 Å². The number of halogens is 1. The Balaban J connectivity index is 1.69. The summed E-state index contributed by atoms with van der Waals surface area (Å²) in [4.78, 5) is 24.9. The van der Waals surface area contributed by atoms with Crippen molar-refractivity contribution in [2.24, 2.45) is 0 Å². The third-order valence-corrected chi connectivity index (χ3v) is 4.78. The van der Waals surface area contributed by atoms with Crippen molar-refractivity contribution in [3.8, 4) is 10.4 Å². The van der Waals surface area contributed by atoms with Gasteiger partial charge in [-0.2, -0.15) is 0 Å². The minimum absolute atomic E-state index is 0.0886. The van der Waals surface area contributed by atoms with Crippen LogP contribution in [0.3, 0.4) is 0 Å². The lowest BCUT2D eigenvalue weighted by Crippen LogP contribution is -2.05. The zero-order chi connectivity index (χ0) is 18.5. The highest BCUT2D eigenvalue weighted by atomic mass is 32.1. The summed E-state index contributed by atoms with van der Waals surface area (Å²) < 4.78 is 13.0. The molecule has 3 rings (SSSR count). The molecule has 0 bridgehead atoms. The molecule has 1 amide bonds. The summed E-state index contributed by atoms with van der Waals surface area (Å²) in [7, 11) is 0. The summed E-state index contributed by atoms with van der Waals surface area (Å²) >= 11 is 1.37. The van der Waals surface area contributed by atoms with Gasteiger partial charge < -0.3 is 5.32 Å². The third-order valence-electron chi connectivity index (χ3n) is 3.64. The fraction of sp³-hybridized carbons (Fsp3) is 0.0476. The molecule has 0 aliphatic rings. The Morgan fingerprint density at radius 2 is 1.65 bits per heavy atom. The summed E-state index contributed by atoms with van der Waals surface area (Å²) in [6.45, 7) is 1.45. The van der Waals surface area contributed by atoms with E-state index >= 15 is 0 Å². The first-order valence-electron chi connectivity index (χ1n) is 7.97. The van der Waals surface area contributed by atoms with Crippen molar-refractivity contribution in [3.63, 3.8) is 0 Å². The molecule has 0 radical (unpaired) electrons. The van der Waals surface area contributed by atoms with Crippen molar-refractivity contribution < 1.29 is 14.0 Å². The second-order valence-electron chi connectivity index (χ2n) is 5.67. The molecule has 0 atom stereocenters. The van der Waals surface area contributed by atoms with Crippen LogP contribution < -0.4 is 5.32 Å². The Morgan fingerprint density at radius 3 is 2.31 bits per heavy atom. The lowest BCUT2D eigenvalue weighted by Gasteiger charge is -2.01. The van der Waals surface area contributed by atoms with Gasteiger partial charge in [-0.25, -0.2) is 4.39 Å². The van der Waals surface area contributed by atoms with Gasteiger partial charge in [0, 0.05) is 17.5 Å². The number of benzene rings is 2. The molecular formula is C21H16FNO2S. The Morgan fingerprint density at radius 1 is 0.962 bits per heavy atom. The number of thiophene rings is 1. The molecule has 0 spiro atoms. The van der Waals surface area contributed by atoms with Gasteiger partial charge >= 0.3 is 0 Å². The van der Waals surface area contributed by atoms with Crippen LogP contribution in [0.5, 0.6) is 0 Å². The zero-order valence-corrected chi connectivity index (χ0v) is 14.8. The smallest absolute Gasteiger partial charge is 0.221 e. The number of hydrogen-bond donors (Lipinski definition) is 1. The van der Waals surface area contributed by atoms with Gasteiger partial charge in [-0.15, -0.1) is 11.3 Å². The van der Waals surface area contributed by atoms with E-state index in [2.05, 4.69) is 5.32 Å². The van der Waals surface area contributed by atoms with E-state index < -0.39 is 0 Å². The van der Waals surface area contributed by atoms with Crippen LogP contribution in [0.4, 0.5) is 10.1 Å². The fourth-order valence-corrected chi connectivity index (χ4v) is 3.31. The number of hydrogen-bond acceptors (Lipinski definition) is 3. The molecule has 3 aromatic rings. The summed E-state index contributed by atoms with van der Waals surface area (Å²) in [5.74, 6) is -0.499. The van der Waals surface area contributed by atoms with Crippen LogP contribution in [-0.4, -0.2) is 11.7 Å². The Bertz CT molecular complexity index is 956. The highest BCUT2D eigenvalue weighted by Gasteiger charge is 2.08. The maximum absolute atomic E-state index is 13.0. The van der Waals surface area contributed by atoms with Crippen molar-refractivity contribution in [2.45, 2.75) is 6.92 Å². The van der Waals surface area contributed by atoms with Crippen molar-refractivity contribution in [2.75, 3.05) is 5.32 Å². The molecule has 0 saturated heterocycles. The minimum atomic E-state index is -0.283. The number of allylic oxidation sites excluding steroid dienone is 1. The standard InChI is InChI=1S/C21H16FNO2S/c1-14(24)23-18-9-2-15(3-10-18)4-11-19(25)21-13-12-20(26-21)16-5-7-17(22)8-6-16/h2-13H,1H3,(H,23,24)/b11-4+. The van der Waals surface area contributed by atoms with Gasteiger partial charge in [-0.3, -0.25) is 9.59 Å². The van der Waals surface area contributed by atoms with E-state index in [0.29, 0.717) is 10.6 Å².